The fraction of sp³-hybridized carbons (Fsp3) is 0.125. The number of carbonyl (C=O) groups excluding carboxylic acids is 1. The molecule has 0 aliphatic heterocycles. The first kappa shape index (κ1) is 8.74. The fourth-order valence-electron chi connectivity index (χ4n) is 1.07. The molecule has 0 saturated carbocycles. The van der Waals surface area contributed by atoms with Gasteiger partial charge in [-0.15, -0.1) is 5.10 Å². The van der Waals surface area contributed by atoms with Gasteiger partial charge in [-0.2, -0.15) is 8.78 Å². The minimum Gasteiger partial charge on any atom is -0.293 e. The van der Waals surface area contributed by atoms with E-state index < -0.39 is 11.8 Å². The van der Waals surface area contributed by atoms with E-state index in [2.05, 4.69) is 10.1 Å². The van der Waals surface area contributed by atoms with Crippen LogP contribution in [0.5, 0.6) is 0 Å². The Bertz CT molecular complexity index is 521. The number of carbonyl (C=O) groups is 1. The van der Waals surface area contributed by atoms with Crippen LogP contribution in [0.1, 0.15) is 17.4 Å². The van der Waals surface area contributed by atoms with Gasteiger partial charge >= 0.3 is 0 Å². The topological polar surface area (TPSA) is 47.3 Å². The van der Waals surface area contributed by atoms with Crippen LogP contribution in [0.3, 0.4) is 0 Å². The van der Waals surface area contributed by atoms with Gasteiger partial charge in [0.25, 0.3) is 5.95 Å². The number of ketones is 1. The summed E-state index contributed by atoms with van der Waals surface area (Å²) in [6.07, 6.45) is 1.28. The monoisotopic (exact) mass is 197 g/mol. The molecule has 72 valence electrons. The molecule has 0 spiro atoms. The van der Waals surface area contributed by atoms with Crippen molar-refractivity contribution in [3.63, 3.8) is 0 Å². The first-order chi connectivity index (χ1) is 6.59. The highest BCUT2D eigenvalue weighted by atomic mass is 19.2. The predicted molar refractivity (Wildman–Crippen MR) is 42.9 cm³/mol. The zero-order valence-electron chi connectivity index (χ0n) is 7.16. The van der Waals surface area contributed by atoms with Crippen LogP contribution in [-0.4, -0.2) is 20.4 Å². The van der Waals surface area contributed by atoms with Gasteiger partial charge in [0.2, 0.25) is 5.82 Å². The van der Waals surface area contributed by atoms with Crippen molar-refractivity contribution in [1.82, 2.24) is 14.6 Å². The third-order valence-corrected chi connectivity index (χ3v) is 1.75. The number of hydrogen-bond donors (Lipinski definition) is 0. The number of rotatable bonds is 1. The predicted octanol–water partition coefficient (Wildman–Crippen LogP) is 1.21. The zero-order valence-corrected chi connectivity index (χ0v) is 7.16. The Morgan fingerprint density at radius 3 is 2.86 bits per heavy atom. The van der Waals surface area contributed by atoms with E-state index in [1.165, 1.54) is 19.2 Å². The summed E-state index contributed by atoms with van der Waals surface area (Å²) in [5.74, 6) is -2.68. The molecule has 2 aromatic heterocycles. The van der Waals surface area contributed by atoms with Gasteiger partial charge in [-0.3, -0.25) is 4.79 Å². The third kappa shape index (κ3) is 1.15. The number of aromatic nitrogens is 3. The molecule has 0 aromatic carbocycles. The van der Waals surface area contributed by atoms with Gasteiger partial charge in [0.15, 0.2) is 11.4 Å². The minimum absolute atomic E-state index is 0.0799. The number of Topliss-reactive ketones (excluding diaryl/α,β-unsaturated/α-hetero) is 1. The van der Waals surface area contributed by atoms with Crippen LogP contribution in [0.25, 0.3) is 5.65 Å². The maximum absolute atomic E-state index is 13.0. The maximum atomic E-state index is 13.0. The van der Waals surface area contributed by atoms with Crippen molar-refractivity contribution in [2.75, 3.05) is 0 Å². The van der Waals surface area contributed by atoms with E-state index in [-0.39, 0.29) is 17.1 Å². The van der Waals surface area contributed by atoms with Crippen molar-refractivity contribution < 1.29 is 13.6 Å². The summed E-state index contributed by atoms with van der Waals surface area (Å²) in [5.41, 5.74) is -0.202. The van der Waals surface area contributed by atoms with Gasteiger partial charge in [-0.25, -0.2) is 9.50 Å². The Labute approximate surface area is 77.2 Å². The van der Waals surface area contributed by atoms with Gasteiger partial charge < -0.3 is 0 Å². The summed E-state index contributed by atoms with van der Waals surface area (Å²) in [7, 11) is 0. The molecular weight excluding hydrogens is 192 g/mol. The van der Waals surface area contributed by atoms with E-state index in [4.69, 9.17) is 0 Å². The maximum Gasteiger partial charge on any atom is 0.271 e. The molecular formula is C8H5F2N3O. The molecule has 0 aliphatic carbocycles. The quantitative estimate of drug-likeness (QED) is 0.645. The van der Waals surface area contributed by atoms with Crippen LogP contribution in [0.2, 0.25) is 0 Å². The van der Waals surface area contributed by atoms with Crippen LogP contribution < -0.4 is 0 Å². The van der Waals surface area contributed by atoms with E-state index >= 15 is 0 Å². The van der Waals surface area contributed by atoms with Crippen molar-refractivity contribution in [3.05, 3.63) is 29.7 Å². The summed E-state index contributed by atoms with van der Waals surface area (Å²) in [5, 5.41) is 3.21. The largest absolute Gasteiger partial charge is 0.293 e. The van der Waals surface area contributed by atoms with Crippen molar-refractivity contribution in [3.8, 4) is 0 Å². The van der Waals surface area contributed by atoms with E-state index in [0.29, 0.717) is 0 Å². The molecule has 0 radical (unpaired) electrons. The summed E-state index contributed by atoms with van der Waals surface area (Å²) in [6, 6.07) is 1.35. The Morgan fingerprint density at radius 1 is 1.50 bits per heavy atom. The summed E-state index contributed by atoms with van der Waals surface area (Å²) in [4.78, 5) is 14.5. The molecule has 2 aromatic rings. The Balaban J connectivity index is 2.76. The molecule has 0 N–H and O–H groups in total. The molecule has 0 atom stereocenters. The van der Waals surface area contributed by atoms with Crippen molar-refractivity contribution in [2.45, 2.75) is 6.92 Å². The summed E-state index contributed by atoms with van der Waals surface area (Å²) in [6.45, 7) is 1.30. The Hall–Kier alpha value is -1.85. The lowest BCUT2D eigenvalue weighted by Crippen LogP contribution is -2.00. The smallest absolute Gasteiger partial charge is 0.271 e. The Kier molecular flexibility index (Phi) is 1.77. The van der Waals surface area contributed by atoms with Gasteiger partial charge in [-0.1, -0.05) is 0 Å². The van der Waals surface area contributed by atoms with E-state index in [0.717, 1.165) is 4.52 Å². The highest BCUT2D eigenvalue weighted by Gasteiger charge is 2.14. The van der Waals surface area contributed by atoms with Crippen LogP contribution >= 0.6 is 0 Å². The second kappa shape index (κ2) is 2.83. The molecule has 2 heterocycles. The van der Waals surface area contributed by atoms with Gasteiger partial charge in [0, 0.05) is 13.1 Å². The second-order valence-electron chi connectivity index (χ2n) is 2.74. The average Bonchev–Trinajstić information content (AvgIpc) is 2.43. The Morgan fingerprint density at radius 2 is 2.21 bits per heavy atom. The first-order valence-electron chi connectivity index (χ1n) is 3.81. The molecule has 0 bridgehead atoms. The molecule has 2 rings (SSSR count). The van der Waals surface area contributed by atoms with Crippen molar-refractivity contribution >= 4 is 11.4 Å². The standard InChI is InChI=1S/C8H5F2N3O/c1-4(14)5-2-3-13-8(11-5)6(9)7(10)12-13/h2-3H,1H3. The molecule has 14 heavy (non-hydrogen) atoms. The van der Waals surface area contributed by atoms with E-state index in [1.54, 1.807) is 0 Å². The van der Waals surface area contributed by atoms with Gasteiger partial charge in [0.1, 0.15) is 5.69 Å². The fourth-order valence-corrected chi connectivity index (χ4v) is 1.07. The molecule has 6 heteroatoms. The third-order valence-electron chi connectivity index (χ3n) is 1.75. The summed E-state index contributed by atoms with van der Waals surface area (Å²) >= 11 is 0. The minimum atomic E-state index is -1.22. The number of halogens is 2. The van der Waals surface area contributed by atoms with E-state index in [1.807, 2.05) is 0 Å². The number of nitrogens with zero attached hydrogens (tertiary/aromatic N) is 3. The SMILES string of the molecule is CC(=O)c1ccn2nc(F)c(F)c2n1. The van der Waals surface area contributed by atoms with E-state index in [9.17, 15) is 13.6 Å². The lowest BCUT2D eigenvalue weighted by molar-refractivity contribution is 0.101. The highest BCUT2D eigenvalue weighted by molar-refractivity contribution is 5.92. The number of hydrogen-bond acceptors (Lipinski definition) is 3. The normalized spacial score (nSPS) is 10.8. The highest BCUT2D eigenvalue weighted by Crippen LogP contribution is 2.10. The zero-order chi connectivity index (χ0) is 10.3. The molecule has 0 saturated heterocycles. The van der Waals surface area contributed by atoms with Crippen LogP contribution in [0, 0.1) is 11.8 Å². The lowest BCUT2D eigenvalue weighted by Gasteiger charge is -1.94. The van der Waals surface area contributed by atoms with Crippen LogP contribution in [0.15, 0.2) is 12.3 Å². The first-order valence-corrected chi connectivity index (χ1v) is 3.81. The van der Waals surface area contributed by atoms with Crippen molar-refractivity contribution in [1.29, 1.82) is 0 Å². The molecule has 0 amide bonds. The van der Waals surface area contributed by atoms with Crippen LogP contribution in [-0.2, 0) is 0 Å². The number of fused-ring (bicyclic) bond motifs is 1. The lowest BCUT2D eigenvalue weighted by atomic mass is 10.3. The molecule has 0 unspecified atom stereocenters. The molecule has 4 nitrogen and oxygen atoms in total. The van der Waals surface area contributed by atoms with Gasteiger partial charge in [0.05, 0.1) is 0 Å². The average molecular weight is 197 g/mol. The molecule has 0 aliphatic rings. The van der Waals surface area contributed by atoms with Gasteiger partial charge in [-0.05, 0) is 6.07 Å². The van der Waals surface area contributed by atoms with Crippen molar-refractivity contribution in [2.24, 2.45) is 0 Å². The molecule has 0 fully saturated rings. The second-order valence-corrected chi connectivity index (χ2v) is 2.74. The summed E-state index contributed by atoms with van der Waals surface area (Å²) < 4.78 is 26.5. The van der Waals surface area contributed by atoms with Crippen LogP contribution in [0.4, 0.5) is 8.78 Å².